The summed E-state index contributed by atoms with van der Waals surface area (Å²) in [5.74, 6) is 0.494. The Kier molecular flexibility index (Phi) is 4.73. The van der Waals surface area contributed by atoms with Gasteiger partial charge in [-0.2, -0.15) is 5.10 Å². The van der Waals surface area contributed by atoms with E-state index in [9.17, 15) is 4.79 Å². The molecule has 0 aliphatic heterocycles. The summed E-state index contributed by atoms with van der Waals surface area (Å²) in [7, 11) is 0. The van der Waals surface area contributed by atoms with E-state index >= 15 is 0 Å². The molecule has 1 atom stereocenters. The summed E-state index contributed by atoms with van der Waals surface area (Å²) >= 11 is 7.75. The number of nitrogens with one attached hydrogen (secondary N) is 1. The zero-order valence-electron chi connectivity index (χ0n) is 14.5. The van der Waals surface area contributed by atoms with Gasteiger partial charge in [0.05, 0.1) is 17.1 Å². The highest BCUT2D eigenvalue weighted by molar-refractivity contribution is 7.20. The molecule has 0 bridgehead atoms. The van der Waals surface area contributed by atoms with Crippen molar-refractivity contribution in [1.29, 1.82) is 0 Å². The van der Waals surface area contributed by atoms with Gasteiger partial charge in [0.1, 0.15) is 4.83 Å². The maximum Gasteiger partial charge on any atom is 0.261 e. The third kappa shape index (κ3) is 3.37. The smallest absolute Gasteiger partial charge is 0.261 e. The van der Waals surface area contributed by atoms with Crippen molar-refractivity contribution in [2.24, 2.45) is 11.7 Å². The SMILES string of the molecule is Cc1nn(Cc2ccccc2Cl)c2sc(C(=O)NC(CN)C3CC3)cc12. The minimum atomic E-state index is -0.0442. The lowest BCUT2D eigenvalue weighted by Gasteiger charge is -2.15. The normalized spacial score (nSPS) is 15.3. The van der Waals surface area contributed by atoms with Gasteiger partial charge in [-0.05, 0) is 43.4 Å². The fourth-order valence-electron chi connectivity index (χ4n) is 3.23. The Morgan fingerprint density at radius 3 is 2.92 bits per heavy atom. The number of hydrogen-bond acceptors (Lipinski definition) is 4. The minimum Gasteiger partial charge on any atom is -0.347 e. The molecule has 0 saturated heterocycles. The third-order valence-corrected chi connectivity index (χ3v) is 6.39. The molecule has 3 N–H and O–H groups in total. The van der Waals surface area contributed by atoms with Crippen LogP contribution in [-0.2, 0) is 6.54 Å². The van der Waals surface area contributed by atoms with Gasteiger partial charge in [-0.3, -0.25) is 9.48 Å². The van der Waals surface area contributed by atoms with Crippen LogP contribution in [0.1, 0.15) is 33.8 Å². The van der Waals surface area contributed by atoms with Crippen LogP contribution in [0.2, 0.25) is 5.02 Å². The van der Waals surface area contributed by atoms with E-state index < -0.39 is 0 Å². The number of hydrogen-bond donors (Lipinski definition) is 2. The first-order valence-corrected chi connectivity index (χ1v) is 9.97. The summed E-state index contributed by atoms with van der Waals surface area (Å²) in [6.45, 7) is 3.03. The number of aryl methyl sites for hydroxylation is 1. The van der Waals surface area contributed by atoms with Crippen LogP contribution < -0.4 is 11.1 Å². The number of benzene rings is 1. The van der Waals surface area contributed by atoms with Gasteiger partial charge in [-0.1, -0.05) is 29.8 Å². The van der Waals surface area contributed by atoms with Gasteiger partial charge in [-0.15, -0.1) is 11.3 Å². The van der Waals surface area contributed by atoms with Gasteiger partial charge in [0.2, 0.25) is 0 Å². The number of nitrogens with two attached hydrogens (primary N) is 1. The topological polar surface area (TPSA) is 72.9 Å². The highest BCUT2D eigenvalue weighted by Crippen LogP contribution is 2.33. The number of amides is 1. The highest BCUT2D eigenvalue weighted by atomic mass is 35.5. The predicted molar refractivity (Wildman–Crippen MR) is 106 cm³/mol. The average Bonchev–Trinajstić information content (AvgIpc) is 3.30. The van der Waals surface area contributed by atoms with Crippen molar-refractivity contribution in [3.63, 3.8) is 0 Å². The maximum atomic E-state index is 12.6. The molecule has 0 spiro atoms. The summed E-state index contributed by atoms with van der Waals surface area (Å²) in [4.78, 5) is 14.3. The summed E-state index contributed by atoms with van der Waals surface area (Å²) in [6.07, 6.45) is 2.31. The van der Waals surface area contributed by atoms with Crippen LogP contribution in [0.25, 0.3) is 10.2 Å². The summed E-state index contributed by atoms with van der Waals surface area (Å²) < 4.78 is 1.93. The highest BCUT2D eigenvalue weighted by Gasteiger charge is 2.31. The molecule has 3 aromatic rings. The number of nitrogens with zero attached hydrogens (tertiary/aromatic N) is 2. The molecular formula is C19H21ClN4OS. The molecule has 2 aromatic heterocycles. The van der Waals surface area contributed by atoms with E-state index in [1.54, 1.807) is 0 Å². The first-order valence-electron chi connectivity index (χ1n) is 8.78. The zero-order chi connectivity index (χ0) is 18.3. The van der Waals surface area contributed by atoms with Crippen LogP contribution in [0.15, 0.2) is 30.3 Å². The van der Waals surface area contributed by atoms with E-state index in [0.717, 1.165) is 39.3 Å². The lowest BCUT2D eigenvalue weighted by atomic mass is 10.2. The van der Waals surface area contributed by atoms with Crippen molar-refractivity contribution in [2.75, 3.05) is 6.54 Å². The van der Waals surface area contributed by atoms with Crippen molar-refractivity contribution in [3.8, 4) is 0 Å². The molecule has 1 unspecified atom stereocenters. The molecule has 26 heavy (non-hydrogen) atoms. The van der Waals surface area contributed by atoms with Crippen molar-refractivity contribution in [2.45, 2.75) is 32.4 Å². The lowest BCUT2D eigenvalue weighted by Crippen LogP contribution is -2.41. The number of fused-ring (bicyclic) bond motifs is 1. The van der Waals surface area contributed by atoms with Crippen molar-refractivity contribution < 1.29 is 4.79 Å². The molecule has 136 valence electrons. The summed E-state index contributed by atoms with van der Waals surface area (Å²) in [6, 6.07) is 9.76. The van der Waals surface area contributed by atoms with Crippen LogP contribution in [0.4, 0.5) is 0 Å². The van der Waals surface area contributed by atoms with Crippen LogP contribution in [0.3, 0.4) is 0 Å². The molecular weight excluding hydrogens is 368 g/mol. The number of carbonyl (C=O) groups excluding carboxylic acids is 1. The first kappa shape index (κ1) is 17.5. The van der Waals surface area contributed by atoms with Crippen LogP contribution in [0, 0.1) is 12.8 Å². The molecule has 0 radical (unpaired) electrons. The standard InChI is InChI=1S/C19H21ClN4OS/c1-11-14-8-17(18(25)22-16(9-21)12-6-7-12)26-19(14)24(23-11)10-13-4-2-3-5-15(13)20/h2-5,8,12,16H,6-7,9-10,21H2,1H3,(H,22,25). The van der Waals surface area contributed by atoms with E-state index in [0.29, 0.717) is 23.9 Å². The second-order valence-electron chi connectivity index (χ2n) is 6.82. The van der Waals surface area contributed by atoms with Crippen LogP contribution in [-0.4, -0.2) is 28.3 Å². The number of thiophene rings is 1. The molecule has 1 fully saturated rings. The molecule has 1 aliphatic carbocycles. The van der Waals surface area contributed by atoms with Gasteiger partial charge in [0.25, 0.3) is 5.91 Å². The minimum absolute atomic E-state index is 0.0442. The number of aromatic nitrogens is 2. The third-order valence-electron chi connectivity index (χ3n) is 4.87. The Morgan fingerprint density at radius 1 is 1.46 bits per heavy atom. The molecule has 1 aromatic carbocycles. The van der Waals surface area contributed by atoms with Gasteiger partial charge in [0.15, 0.2) is 0 Å². The van der Waals surface area contributed by atoms with E-state index in [1.165, 1.54) is 11.3 Å². The van der Waals surface area contributed by atoms with Gasteiger partial charge >= 0.3 is 0 Å². The number of halogens is 1. The van der Waals surface area contributed by atoms with Gasteiger partial charge in [0, 0.05) is 23.0 Å². The monoisotopic (exact) mass is 388 g/mol. The summed E-state index contributed by atoms with van der Waals surface area (Å²) in [5, 5.41) is 9.45. The van der Waals surface area contributed by atoms with E-state index in [2.05, 4.69) is 10.4 Å². The largest absolute Gasteiger partial charge is 0.347 e. The van der Waals surface area contributed by atoms with Crippen molar-refractivity contribution in [1.82, 2.24) is 15.1 Å². The fourth-order valence-corrected chi connectivity index (χ4v) is 4.49. The summed E-state index contributed by atoms with van der Waals surface area (Å²) in [5.41, 5.74) is 7.73. The average molecular weight is 389 g/mol. The lowest BCUT2D eigenvalue weighted by molar-refractivity contribution is 0.0937. The van der Waals surface area contributed by atoms with Gasteiger partial charge in [-0.25, -0.2) is 0 Å². The molecule has 4 rings (SSSR count). The van der Waals surface area contributed by atoms with Gasteiger partial charge < -0.3 is 11.1 Å². The van der Waals surface area contributed by atoms with Crippen LogP contribution >= 0.6 is 22.9 Å². The van der Waals surface area contributed by atoms with Crippen molar-refractivity contribution >= 4 is 39.1 Å². The molecule has 7 heteroatoms. The molecule has 1 saturated carbocycles. The Hall–Kier alpha value is -1.89. The number of rotatable bonds is 6. The van der Waals surface area contributed by atoms with Crippen molar-refractivity contribution in [3.05, 3.63) is 51.5 Å². The van der Waals surface area contributed by atoms with E-state index in [4.69, 9.17) is 17.3 Å². The Bertz CT molecular complexity index is 960. The maximum absolute atomic E-state index is 12.6. The molecule has 5 nitrogen and oxygen atoms in total. The Balaban J connectivity index is 1.61. The Morgan fingerprint density at radius 2 is 2.23 bits per heavy atom. The molecule has 1 aliphatic rings. The molecule has 2 heterocycles. The number of carbonyl (C=O) groups is 1. The second-order valence-corrected chi connectivity index (χ2v) is 8.25. The van der Waals surface area contributed by atoms with E-state index in [1.807, 2.05) is 41.9 Å². The van der Waals surface area contributed by atoms with Crippen LogP contribution in [0.5, 0.6) is 0 Å². The fraction of sp³-hybridized carbons (Fsp3) is 0.368. The first-order chi connectivity index (χ1) is 12.6. The quantitative estimate of drug-likeness (QED) is 0.677. The molecule has 1 amide bonds. The van der Waals surface area contributed by atoms with E-state index in [-0.39, 0.29) is 11.9 Å². The Labute approximate surface area is 161 Å². The second kappa shape index (κ2) is 7.02. The predicted octanol–water partition coefficient (Wildman–Crippen LogP) is 3.58. The zero-order valence-corrected chi connectivity index (χ0v) is 16.1.